The third-order valence-corrected chi connectivity index (χ3v) is 7.13. The molecule has 3 rings (SSSR count). The fourth-order valence-electron chi connectivity index (χ4n) is 4.96. The predicted molar refractivity (Wildman–Crippen MR) is 143 cm³/mol. The molecule has 0 saturated carbocycles. The van der Waals surface area contributed by atoms with Crippen molar-refractivity contribution in [3.05, 3.63) is 29.8 Å². The van der Waals surface area contributed by atoms with E-state index in [1.54, 1.807) is 12.1 Å². The number of benzene rings is 1. The van der Waals surface area contributed by atoms with Gasteiger partial charge in [-0.15, -0.1) is 0 Å². The first-order chi connectivity index (χ1) is 19.4. The van der Waals surface area contributed by atoms with Crippen LogP contribution in [0.15, 0.2) is 24.3 Å². The summed E-state index contributed by atoms with van der Waals surface area (Å²) in [5.41, 5.74) is 11.4. The van der Waals surface area contributed by atoms with Crippen LogP contribution in [0.3, 0.4) is 0 Å². The zero-order chi connectivity index (χ0) is 30.3. The van der Waals surface area contributed by atoms with Crippen LogP contribution in [0.4, 0.5) is 0 Å². The average molecular weight is 576 g/mol. The number of nitrogens with one attached hydrogen (secondary N) is 3. The standard InChI is InChI=1S/C26H37N7O8/c1-14(30-21(36)11-27)24(39)29-12-22(37)33-13-17(35)10-20(33)26(41)32-8-2-3-19(32)25(40)31-18(23(28)38)9-15-4-6-16(34)7-5-15/h4-7,14,17-20,34-35H,2-3,8-13,27H2,1H3,(H2,28,38)(H,29,39)(H,30,36)(H,31,40)/t14-,17-,18+,19+,20?/m0/s1. The Morgan fingerprint density at radius 2 is 1.73 bits per heavy atom. The second kappa shape index (κ2) is 13.9. The maximum atomic E-state index is 13.5. The summed E-state index contributed by atoms with van der Waals surface area (Å²) in [4.78, 5) is 77.9. The van der Waals surface area contributed by atoms with Crippen molar-refractivity contribution in [1.29, 1.82) is 0 Å². The highest BCUT2D eigenvalue weighted by Crippen LogP contribution is 2.25. The molecule has 2 heterocycles. The molecule has 6 amide bonds. The quantitative estimate of drug-likeness (QED) is 0.138. The molecule has 2 saturated heterocycles. The first-order valence-electron chi connectivity index (χ1n) is 13.3. The Morgan fingerprint density at radius 3 is 2.37 bits per heavy atom. The second-order valence-electron chi connectivity index (χ2n) is 10.2. The Kier molecular flexibility index (Phi) is 10.6. The number of β-amino-alcohol motifs (C(OH)–C–C–N with tert-alkyl or cyclic N) is 1. The summed E-state index contributed by atoms with van der Waals surface area (Å²) in [6, 6.07) is 2.12. The minimum atomic E-state index is -1.06. The monoisotopic (exact) mass is 575 g/mol. The molecule has 15 nitrogen and oxygen atoms in total. The molecule has 0 bridgehead atoms. The van der Waals surface area contributed by atoms with Crippen LogP contribution < -0.4 is 27.4 Å². The number of amides is 6. The van der Waals surface area contributed by atoms with E-state index in [4.69, 9.17) is 11.5 Å². The molecule has 0 aromatic heterocycles. The van der Waals surface area contributed by atoms with Crippen molar-refractivity contribution < 1.29 is 39.0 Å². The van der Waals surface area contributed by atoms with Crippen LogP contribution >= 0.6 is 0 Å². The van der Waals surface area contributed by atoms with Gasteiger partial charge in [0, 0.05) is 25.9 Å². The minimum Gasteiger partial charge on any atom is -0.508 e. The first kappa shape index (κ1) is 31.3. The van der Waals surface area contributed by atoms with Gasteiger partial charge in [-0.25, -0.2) is 0 Å². The number of phenols is 1. The topological polar surface area (TPSA) is 237 Å². The maximum absolute atomic E-state index is 13.5. The van der Waals surface area contributed by atoms with Crippen molar-refractivity contribution >= 4 is 35.4 Å². The number of likely N-dealkylation sites (tertiary alicyclic amines) is 2. The number of aliphatic hydroxyl groups is 1. The van der Waals surface area contributed by atoms with Gasteiger partial charge in [0.05, 0.1) is 19.2 Å². The molecule has 224 valence electrons. The molecule has 9 N–H and O–H groups in total. The predicted octanol–water partition coefficient (Wildman–Crippen LogP) is -3.56. The Hall–Kier alpha value is -4.24. The largest absolute Gasteiger partial charge is 0.508 e. The molecule has 1 unspecified atom stereocenters. The van der Waals surface area contributed by atoms with Crippen molar-refractivity contribution in [2.24, 2.45) is 11.5 Å². The molecule has 0 radical (unpaired) electrons. The van der Waals surface area contributed by atoms with Gasteiger partial charge in [-0.05, 0) is 37.5 Å². The SMILES string of the molecule is C[C@H](NC(=O)CN)C(=O)NCC(=O)N1C[C@@H](O)CC1C(=O)N1CCC[C@@H]1C(=O)N[C@H](Cc1ccc(O)cc1)C(N)=O. The average Bonchev–Trinajstić information content (AvgIpc) is 3.59. The number of carbonyl (C=O) groups is 6. The number of carbonyl (C=O) groups excluding carboxylic acids is 6. The summed E-state index contributed by atoms with van der Waals surface area (Å²) in [5.74, 6) is -3.61. The van der Waals surface area contributed by atoms with E-state index in [0.717, 1.165) is 0 Å². The van der Waals surface area contributed by atoms with Gasteiger partial charge >= 0.3 is 0 Å². The summed E-state index contributed by atoms with van der Waals surface area (Å²) >= 11 is 0. The van der Waals surface area contributed by atoms with Gasteiger partial charge in [0.2, 0.25) is 35.4 Å². The van der Waals surface area contributed by atoms with Crippen LogP contribution in [0, 0.1) is 0 Å². The molecule has 1 aromatic rings. The number of aromatic hydroxyl groups is 1. The molecule has 41 heavy (non-hydrogen) atoms. The molecule has 1 aromatic carbocycles. The van der Waals surface area contributed by atoms with Crippen LogP contribution in [0.25, 0.3) is 0 Å². The highest BCUT2D eigenvalue weighted by atomic mass is 16.3. The molecular formula is C26H37N7O8. The van der Waals surface area contributed by atoms with Gasteiger partial charge in [0.15, 0.2) is 0 Å². The van der Waals surface area contributed by atoms with E-state index in [2.05, 4.69) is 16.0 Å². The Labute approximate surface area is 236 Å². The van der Waals surface area contributed by atoms with Gasteiger partial charge in [-0.1, -0.05) is 12.1 Å². The zero-order valence-electron chi connectivity index (χ0n) is 22.7. The van der Waals surface area contributed by atoms with E-state index < -0.39 is 72.3 Å². The number of rotatable bonds is 11. The lowest BCUT2D eigenvalue weighted by atomic mass is 10.0. The number of phenolic OH excluding ortho intramolecular Hbond substituents is 1. The van der Waals surface area contributed by atoms with Crippen LogP contribution in [0.1, 0.15) is 31.7 Å². The highest BCUT2D eigenvalue weighted by molar-refractivity contribution is 5.96. The van der Waals surface area contributed by atoms with Crippen LogP contribution in [0.5, 0.6) is 5.75 Å². The molecule has 2 fully saturated rings. The molecule has 15 heteroatoms. The smallest absolute Gasteiger partial charge is 0.246 e. The number of hydrogen-bond donors (Lipinski definition) is 7. The number of aliphatic hydroxyl groups excluding tert-OH is 1. The molecule has 0 spiro atoms. The van der Waals surface area contributed by atoms with Gasteiger partial charge in [0.25, 0.3) is 0 Å². The van der Waals surface area contributed by atoms with E-state index in [0.29, 0.717) is 18.4 Å². The fraction of sp³-hybridized carbons (Fsp3) is 0.538. The minimum absolute atomic E-state index is 0.0446. The molecule has 5 atom stereocenters. The van der Waals surface area contributed by atoms with Crippen molar-refractivity contribution in [3.63, 3.8) is 0 Å². The zero-order valence-corrected chi connectivity index (χ0v) is 22.7. The van der Waals surface area contributed by atoms with Gasteiger partial charge < -0.3 is 47.4 Å². The van der Waals surface area contributed by atoms with Gasteiger partial charge in [0.1, 0.15) is 29.9 Å². The summed E-state index contributed by atoms with van der Waals surface area (Å²) in [6.45, 7) is 0.750. The van der Waals surface area contributed by atoms with E-state index in [9.17, 15) is 39.0 Å². The lowest BCUT2D eigenvalue weighted by molar-refractivity contribution is -0.146. The van der Waals surface area contributed by atoms with Crippen molar-refractivity contribution in [2.75, 3.05) is 26.2 Å². The maximum Gasteiger partial charge on any atom is 0.246 e. The Bertz CT molecular complexity index is 1160. The lowest BCUT2D eigenvalue weighted by Crippen LogP contribution is -2.56. The number of hydrogen-bond acceptors (Lipinski definition) is 9. The second-order valence-corrected chi connectivity index (χ2v) is 10.2. The Morgan fingerprint density at radius 1 is 1.05 bits per heavy atom. The van der Waals surface area contributed by atoms with Gasteiger partial charge in [-0.3, -0.25) is 28.8 Å². The number of primary amides is 1. The van der Waals surface area contributed by atoms with Crippen molar-refractivity contribution in [3.8, 4) is 5.75 Å². The number of nitrogens with two attached hydrogens (primary N) is 2. The molecule has 0 aliphatic carbocycles. The van der Waals surface area contributed by atoms with E-state index >= 15 is 0 Å². The molecule has 2 aliphatic heterocycles. The lowest BCUT2D eigenvalue weighted by Gasteiger charge is -2.31. The highest BCUT2D eigenvalue weighted by Gasteiger charge is 2.45. The first-order valence-corrected chi connectivity index (χ1v) is 13.3. The number of nitrogens with zero attached hydrogens (tertiary/aromatic N) is 2. The van der Waals surface area contributed by atoms with Crippen LogP contribution in [-0.2, 0) is 35.2 Å². The normalized spacial score (nSPS) is 21.6. The van der Waals surface area contributed by atoms with Gasteiger partial charge in [-0.2, -0.15) is 0 Å². The van der Waals surface area contributed by atoms with Crippen LogP contribution in [0.2, 0.25) is 0 Å². The van der Waals surface area contributed by atoms with Crippen molar-refractivity contribution in [2.45, 2.75) is 62.9 Å². The summed E-state index contributed by atoms with van der Waals surface area (Å²) in [5, 5.41) is 27.1. The third-order valence-electron chi connectivity index (χ3n) is 7.13. The Balaban J connectivity index is 1.63. The van der Waals surface area contributed by atoms with E-state index in [1.807, 2.05) is 0 Å². The summed E-state index contributed by atoms with van der Waals surface area (Å²) < 4.78 is 0. The van der Waals surface area contributed by atoms with Crippen LogP contribution in [-0.4, -0.2) is 112 Å². The molecule has 2 aliphatic rings. The molecular weight excluding hydrogens is 538 g/mol. The van der Waals surface area contributed by atoms with E-state index in [-0.39, 0.29) is 38.2 Å². The van der Waals surface area contributed by atoms with E-state index in [1.165, 1.54) is 28.9 Å². The summed E-state index contributed by atoms with van der Waals surface area (Å²) in [6.07, 6.45) is -0.107. The summed E-state index contributed by atoms with van der Waals surface area (Å²) in [7, 11) is 0. The van der Waals surface area contributed by atoms with Crippen molar-refractivity contribution in [1.82, 2.24) is 25.8 Å². The third kappa shape index (κ3) is 8.14. The fourth-order valence-corrected chi connectivity index (χ4v) is 4.96.